The fourth-order valence-electron chi connectivity index (χ4n) is 1.56. The molecule has 0 aromatic heterocycles. The maximum atomic E-state index is 12.2. The second-order valence-electron chi connectivity index (χ2n) is 3.89. The molecule has 0 fully saturated rings. The van der Waals surface area contributed by atoms with E-state index in [9.17, 15) is 8.42 Å². The van der Waals surface area contributed by atoms with Gasteiger partial charge in [-0.2, -0.15) is 0 Å². The third-order valence-corrected chi connectivity index (χ3v) is 4.81. The molecule has 2 aromatic rings. The zero-order valence-electron chi connectivity index (χ0n) is 9.88. The van der Waals surface area contributed by atoms with Crippen molar-refractivity contribution in [3.05, 3.63) is 57.7 Å². The lowest BCUT2D eigenvalue weighted by molar-refractivity contribution is 0.281. The largest absolute Gasteiger partial charge is 0.392 e. The molecular weight excluding hydrogens is 377 g/mol. The minimum atomic E-state index is -3.63. The Balaban J connectivity index is 2.35. The summed E-state index contributed by atoms with van der Waals surface area (Å²) in [5.41, 5.74) is 1.10. The highest BCUT2D eigenvalue weighted by molar-refractivity contribution is 14.1. The highest BCUT2D eigenvalue weighted by Gasteiger charge is 2.15. The van der Waals surface area contributed by atoms with Crippen LogP contribution in [0.3, 0.4) is 0 Å². The van der Waals surface area contributed by atoms with Crippen LogP contribution in [0.5, 0.6) is 0 Å². The summed E-state index contributed by atoms with van der Waals surface area (Å²) in [6, 6.07) is 13.4. The predicted molar refractivity (Wildman–Crippen MR) is 82.3 cm³/mol. The Bertz CT molecular complexity index is 686. The molecule has 19 heavy (non-hydrogen) atoms. The molecule has 0 amide bonds. The van der Waals surface area contributed by atoms with Crippen LogP contribution in [-0.2, 0) is 16.6 Å². The minimum absolute atomic E-state index is 0.138. The number of nitrogens with one attached hydrogen (secondary N) is 1. The number of aliphatic hydroxyl groups is 1. The van der Waals surface area contributed by atoms with Gasteiger partial charge in [-0.15, -0.1) is 0 Å². The molecule has 0 aliphatic rings. The van der Waals surface area contributed by atoms with Crippen molar-refractivity contribution in [2.45, 2.75) is 11.5 Å². The van der Waals surface area contributed by atoms with Crippen LogP contribution in [-0.4, -0.2) is 13.5 Å². The molecule has 100 valence electrons. The summed E-state index contributed by atoms with van der Waals surface area (Å²) in [4.78, 5) is 0.138. The van der Waals surface area contributed by atoms with Crippen molar-refractivity contribution in [1.82, 2.24) is 0 Å². The number of anilines is 1. The van der Waals surface area contributed by atoms with Crippen molar-refractivity contribution < 1.29 is 13.5 Å². The smallest absolute Gasteiger partial charge is 0.261 e. The van der Waals surface area contributed by atoms with E-state index < -0.39 is 10.0 Å². The van der Waals surface area contributed by atoms with E-state index in [1.165, 1.54) is 12.1 Å². The van der Waals surface area contributed by atoms with Gasteiger partial charge in [0.05, 0.1) is 17.2 Å². The second-order valence-corrected chi connectivity index (χ2v) is 6.74. The summed E-state index contributed by atoms with van der Waals surface area (Å²) >= 11 is 2.07. The van der Waals surface area contributed by atoms with E-state index in [2.05, 4.69) is 27.3 Å². The van der Waals surface area contributed by atoms with Gasteiger partial charge in [0.15, 0.2) is 0 Å². The van der Waals surface area contributed by atoms with Crippen molar-refractivity contribution in [2.24, 2.45) is 0 Å². The fourth-order valence-corrected chi connectivity index (χ4v) is 3.41. The van der Waals surface area contributed by atoms with Crippen molar-refractivity contribution in [3.63, 3.8) is 0 Å². The lowest BCUT2D eigenvalue weighted by Crippen LogP contribution is -2.14. The molecule has 2 rings (SSSR count). The van der Waals surface area contributed by atoms with E-state index in [-0.39, 0.29) is 11.5 Å². The normalized spacial score (nSPS) is 11.3. The van der Waals surface area contributed by atoms with Gasteiger partial charge in [-0.25, -0.2) is 8.42 Å². The molecule has 0 heterocycles. The van der Waals surface area contributed by atoms with Crippen molar-refractivity contribution in [1.29, 1.82) is 0 Å². The van der Waals surface area contributed by atoms with Crippen LogP contribution in [0.2, 0.25) is 0 Å². The van der Waals surface area contributed by atoms with E-state index in [0.717, 1.165) is 3.57 Å². The molecule has 2 aromatic carbocycles. The number of hydrogen-bond donors (Lipinski definition) is 2. The zero-order chi connectivity index (χ0) is 13.9. The first kappa shape index (κ1) is 14.3. The number of rotatable bonds is 4. The van der Waals surface area contributed by atoms with Gasteiger partial charge < -0.3 is 5.11 Å². The first-order valence-electron chi connectivity index (χ1n) is 5.50. The van der Waals surface area contributed by atoms with Crippen LogP contribution in [0.25, 0.3) is 0 Å². The number of halogens is 1. The van der Waals surface area contributed by atoms with Crippen LogP contribution < -0.4 is 4.72 Å². The zero-order valence-corrected chi connectivity index (χ0v) is 12.8. The van der Waals surface area contributed by atoms with Gasteiger partial charge in [-0.3, -0.25) is 4.72 Å². The fraction of sp³-hybridized carbons (Fsp3) is 0.0769. The van der Waals surface area contributed by atoms with Crippen LogP contribution in [0.15, 0.2) is 53.4 Å². The number of aliphatic hydroxyl groups excluding tert-OH is 1. The number of para-hydroxylation sites is 1. The Morgan fingerprint density at radius 2 is 1.84 bits per heavy atom. The molecule has 4 nitrogen and oxygen atoms in total. The standard InChI is InChI=1S/C13H12INO3S/c14-12-6-1-2-7-13(12)15-19(17,18)11-5-3-4-10(8-11)9-16/h1-8,15-16H,9H2. The van der Waals surface area contributed by atoms with Gasteiger partial charge in [0.1, 0.15) is 0 Å². The molecule has 0 atom stereocenters. The average molecular weight is 389 g/mol. The maximum absolute atomic E-state index is 12.2. The average Bonchev–Trinajstić information content (AvgIpc) is 2.41. The Morgan fingerprint density at radius 1 is 1.11 bits per heavy atom. The summed E-state index contributed by atoms with van der Waals surface area (Å²) < 4.78 is 27.8. The summed E-state index contributed by atoms with van der Waals surface area (Å²) in [5.74, 6) is 0. The highest BCUT2D eigenvalue weighted by Crippen LogP contribution is 2.21. The van der Waals surface area contributed by atoms with Gasteiger partial charge in [0.2, 0.25) is 0 Å². The molecule has 0 saturated carbocycles. The van der Waals surface area contributed by atoms with E-state index in [1.54, 1.807) is 24.3 Å². The monoisotopic (exact) mass is 389 g/mol. The molecule has 0 aliphatic heterocycles. The first-order chi connectivity index (χ1) is 9.03. The van der Waals surface area contributed by atoms with Crippen molar-refractivity contribution in [2.75, 3.05) is 4.72 Å². The molecule has 2 N–H and O–H groups in total. The minimum Gasteiger partial charge on any atom is -0.392 e. The summed E-state index contributed by atoms with van der Waals surface area (Å²) in [6.45, 7) is -0.188. The molecule has 0 aliphatic carbocycles. The predicted octanol–water partition coefficient (Wildman–Crippen LogP) is 2.58. The third-order valence-electron chi connectivity index (χ3n) is 2.51. The topological polar surface area (TPSA) is 66.4 Å². The number of sulfonamides is 1. The Labute approximate surface area is 125 Å². The Kier molecular flexibility index (Phi) is 4.43. The maximum Gasteiger partial charge on any atom is 0.261 e. The molecule has 0 radical (unpaired) electrons. The SMILES string of the molecule is O=S(=O)(Nc1ccccc1I)c1cccc(CO)c1. The third kappa shape index (κ3) is 3.46. The quantitative estimate of drug-likeness (QED) is 0.791. The van der Waals surface area contributed by atoms with Crippen LogP contribution in [0.1, 0.15) is 5.56 Å². The molecule has 0 spiro atoms. The van der Waals surface area contributed by atoms with Crippen molar-refractivity contribution >= 4 is 38.3 Å². The molecular formula is C13H12INO3S. The molecule has 0 bridgehead atoms. The van der Waals surface area contributed by atoms with Gasteiger partial charge in [0, 0.05) is 3.57 Å². The molecule has 6 heteroatoms. The van der Waals surface area contributed by atoms with Crippen LogP contribution in [0.4, 0.5) is 5.69 Å². The first-order valence-corrected chi connectivity index (χ1v) is 8.06. The second kappa shape index (κ2) is 5.89. The molecule has 0 saturated heterocycles. The van der Waals surface area contributed by atoms with Crippen LogP contribution >= 0.6 is 22.6 Å². The van der Waals surface area contributed by atoms with Gasteiger partial charge in [-0.05, 0) is 52.4 Å². The Hall–Kier alpha value is -1.12. The van der Waals surface area contributed by atoms with Gasteiger partial charge in [0.25, 0.3) is 10.0 Å². The Morgan fingerprint density at radius 3 is 2.53 bits per heavy atom. The summed E-state index contributed by atoms with van der Waals surface area (Å²) in [7, 11) is -3.63. The van der Waals surface area contributed by atoms with Crippen molar-refractivity contribution in [3.8, 4) is 0 Å². The van der Waals surface area contributed by atoms with E-state index in [1.807, 2.05) is 12.1 Å². The lowest BCUT2D eigenvalue weighted by atomic mass is 10.2. The van der Waals surface area contributed by atoms with E-state index in [4.69, 9.17) is 5.11 Å². The van der Waals surface area contributed by atoms with E-state index in [0.29, 0.717) is 11.3 Å². The van der Waals surface area contributed by atoms with E-state index >= 15 is 0 Å². The lowest BCUT2D eigenvalue weighted by Gasteiger charge is -2.10. The summed E-state index contributed by atoms with van der Waals surface area (Å²) in [6.07, 6.45) is 0. The highest BCUT2D eigenvalue weighted by atomic mass is 127. The molecule has 0 unspecified atom stereocenters. The summed E-state index contributed by atoms with van der Waals surface area (Å²) in [5, 5.41) is 9.05. The van der Waals surface area contributed by atoms with Gasteiger partial charge >= 0.3 is 0 Å². The number of hydrogen-bond acceptors (Lipinski definition) is 3. The number of benzene rings is 2. The van der Waals surface area contributed by atoms with Gasteiger partial charge in [-0.1, -0.05) is 24.3 Å². The van der Waals surface area contributed by atoms with Crippen LogP contribution in [0, 0.1) is 3.57 Å².